The van der Waals surface area contributed by atoms with Gasteiger partial charge < -0.3 is 25.0 Å². The highest BCUT2D eigenvalue weighted by molar-refractivity contribution is 6.01. The first-order chi connectivity index (χ1) is 14.0. The molecule has 4 rings (SSSR count). The van der Waals surface area contributed by atoms with Crippen molar-refractivity contribution in [2.45, 2.75) is 57.5 Å². The fourth-order valence-electron chi connectivity index (χ4n) is 4.16. The Morgan fingerprint density at radius 2 is 1.90 bits per heavy atom. The van der Waals surface area contributed by atoms with E-state index in [1.807, 2.05) is 0 Å². The highest BCUT2D eigenvalue weighted by Gasteiger charge is 2.36. The third-order valence-corrected chi connectivity index (χ3v) is 5.87. The summed E-state index contributed by atoms with van der Waals surface area (Å²) in [6, 6.07) is 4.87. The third kappa shape index (κ3) is 4.31. The predicted octanol–water partition coefficient (Wildman–Crippen LogP) is 1.72. The summed E-state index contributed by atoms with van der Waals surface area (Å²) in [6.07, 6.45) is 5.59. The largest absolute Gasteiger partial charge is 0.454 e. The molecule has 0 radical (unpaired) electrons. The van der Waals surface area contributed by atoms with E-state index in [-0.39, 0.29) is 43.5 Å². The maximum Gasteiger partial charge on any atom is 0.242 e. The maximum atomic E-state index is 12.6. The van der Waals surface area contributed by atoms with Gasteiger partial charge in [-0.1, -0.05) is 19.3 Å². The first-order valence-electron chi connectivity index (χ1n) is 10.3. The Hall–Kier alpha value is -2.77. The van der Waals surface area contributed by atoms with Gasteiger partial charge in [0.05, 0.1) is 5.92 Å². The monoisotopic (exact) mass is 401 g/mol. The van der Waals surface area contributed by atoms with Gasteiger partial charge in [0.2, 0.25) is 24.5 Å². The Balaban J connectivity index is 1.32. The molecular formula is C21H27N3O5. The molecule has 2 heterocycles. The summed E-state index contributed by atoms with van der Waals surface area (Å²) in [4.78, 5) is 39.1. The predicted molar refractivity (Wildman–Crippen MR) is 106 cm³/mol. The number of nitrogens with zero attached hydrogens (tertiary/aromatic N) is 1. The molecule has 8 nitrogen and oxygen atoms in total. The van der Waals surface area contributed by atoms with Crippen LogP contribution in [0.3, 0.4) is 0 Å². The van der Waals surface area contributed by atoms with Gasteiger partial charge in [0, 0.05) is 30.8 Å². The molecular weight excluding hydrogens is 374 g/mol. The Bertz CT molecular complexity index is 806. The zero-order valence-corrected chi connectivity index (χ0v) is 16.6. The molecule has 2 atom stereocenters. The zero-order chi connectivity index (χ0) is 20.4. The minimum atomic E-state index is -0.626. The molecule has 156 valence electrons. The van der Waals surface area contributed by atoms with Crippen LogP contribution in [0.4, 0.5) is 5.69 Å². The summed E-state index contributed by atoms with van der Waals surface area (Å²) >= 11 is 0. The van der Waals surface area contributed by atoms with E-state index in [0.717, 1.165) is 25.7 Å². The fourth-order valence-corrected chi connectivity index (χ4v) is 4.16. The van der Waals surface area contributed by atoms with E-state index in [9.17, 15) is 14.4 Å². The van der Waals surface area contributed by atoms with E-state index in [4.69, 9.17) is 9.47 Å². The lowest BCUT2D eigenvalue weighted by atomic mass is 9.95. The molecule has 8 heteroatoms. The number of hydrogen-bond acceptors (Lipinski definition) is 5. The number of ether oxygens (including phenoxy) is 2. The minimum absolute atomic E-state index is 0.122. The number of amides is 3. The van der Waals surface area contributed by atoms with Crippen LogP contribution in [0.25, 0.3) is 0 Å². The molecule has 1 aromatic carbocycles. The van der Waals surface area contributed by atoms with Crippen LogP contribution in [0.15, 0.2) is 18.2 Å². The molecule has 29 heavy (non-hydrogen) atoms. The summed E-state index contributed by atoms with van der Waals surface area (Å²) in [5.74, 6) is 0.194. The molecule has 1 aromatic rings. The van der Waals surface area contributed by atoms with Crippen molar-refractivity contribution in [3.63, 3.8) is 0 Å². The van der Waals surface area contributed by atoms with Gasteiger partial charge >= 0.3 is 0 Å². The normalized spacial score (nSPS) is 22.4. The average molecular weight is 401 g/mol. The van der Waals surface area contributed by atoms with Crippen LogP contribution < -0.4 is 25.0 Å². The van der Waals surface area contributed by atoms with Crippen molar-refractivity contribution in [3.05, 3.63) is 18.2 Å². The minimum Gasteiger partial charge on any atom is -0.454 e. The molecule has 1 aliphatic carbocycles. The van der Waals surface area contributed by atoms with E-state index in [1.54, 1.807) is 30.0 Å². The van der Waals surface area contributed by atoms with Crippen LogP contribution in [0.2, 0.25) is 0 Å². The highest BCUT2D eigenvalue weighted by Crippen LogP contribution is 2.37. The van der Waals surface area contributed by atoms with Crippen molar-refractivity contribution >= 4 is 23.4 Å². The van der Waals surface area contributed by atoms with Gasteiger partial charge in [0.1, 0.15) is 6.04 Å². The average Bonchev–Trinajstić information content (AvgIpc) is 3.34. The quantitative estimate of drug-likeness (QED) is 0.783. The number of carbonyl (C=O) groups is 3. The third-order valence-electron chi connectivity index (χ3n) is 5.87. The smallest absolute Gasteiger partial charge is 0.242 e. The molecule has 3 aliphatic rings. The van der Waals surface area contributed by atoms with Crippen molar-refractivity contribution in [1.82, 2.24) is 10.6 Å². The number of carbonyl (C=O) groups excluding carboxylic acids is 3. The fraction of sp³-hybridized carbons (Fsp3) is 0.571. The van der Waals surface area contributed by atoms with Crippen LogP contribution in [-0.4, -0.2) is 43.1 Å². The summed E-state index contributed by atoms with van der Waals surface area (Å²) in [6.45, 7) is 2.13. The summed E-state index contributed by atoms with van der Waals surface area (Å²) in [5.41, 5.74) is 0.678. The maximum absolute atomic E-state index is 12.6. The second-order valence-electron chi connectivity index (χ2n) is 8.02. The topological polar surface area (TPSA) is 97.0 Å². The van der Waals surface area contributed by atoms with Crippen molar-refractivity contribution in [1.29, 1.82) is 0 Å². The van der Waals surface area contributed by atoms with Crippen LogP contribution in [0, 0.1) is 5.92 Å². The first kappa shape index (κ1) is 19.5. The Morgan fingerprint density at radius 3 is 2.69 bits per heavy atom. The van der Waals surface area contributed by atoms with Crippen molar-refractivity contribution in [2.24, 2.45) is 5.92 Å². The van der Waals surface area contributed by atoms with E-state index < -0.39 is 12.0 Å². The van der Waals surface area contributed by atoms with Crippen LogP contribution in [-0.2, 0) is 14.4 Å². The van der Waals surface area contributed by atoms with Crippen molar-refractivity contribution < 1.29 is 23.9 Å². The highest BCUT2D eigenvalue weighted by atomic mass is 16.7. The molecule has 3 amide bonds. The van der Waals surface area contributed by atoms with Gasteiger partial charge in [0.15, 0.2) is 11.5 Å². The number of hydrogen-bond donors (Lipinski definition) is 2. The van der Waals surface area contributed by atoms with E-state index in [2.05, 4.69) is 10.6 Å². The number of fused-ring (bicyclic) bond motifs is 1. The van der Waals surface area contributed by atoms with Gasteiger partial charge in [0.25, 0.3) is 0 Å². The van der Waals surface area contributed by atoms with Crippen LogP contribution in [0.1, 0.15) is 45.4 Å². The van der Waals surface area contributed by atoms with Gasteiger partial charge in [-0.15, -0.1) is 0 Å². The Morgan fingerprint density at radius 1 is 1.14 bits per heavy atom. The SMILES string of the molecule is C[C@@H](NC(=O)C1CC(=O)N(c2ccc3c(c2)OCO3)C1)C(=O)NC1CCCCC1. The lowest BCUT2D eigenvalue weighted by molar-refractivity contribution is -0.131. The van der Waals surface area contributed by atoms with Crippen molar-refractivity contribution in [3.8, 4) is 11.5 Å². The molecule has 2 N–H and O–H groups in total. The number of nitrogens with one attached hydrogen (secondary N) is 2. The van der Waals surface area contributed by atoms with Crippen LogP contribution in [0.5, 0.6) is 11.5 Å². The van der Waals surface area contributed by atoms with E-state index in [1.165, 1.54) is 6.42 Å². The second-order valence-corrected chi connectivity index (χ2v) is 8.02. The molecule has 1 saturated heterocycles. The standard InChI is InChI=1S/C21H27N3O5/c1-13(20(26)23-15-5-3-2-4-6-15)22-21(27)14-9-19(25)24(11-14)16-7-8-17-18(10-16)29-12-28-17/h7-8,10,13-15H,2-6,9,11-12H2,1H3,(H,22,27)(H,23,26)/t13-,14?/m1/s1. The summed E-state index contributed by atoms with van der Waals surface area (Å²) in [7, 11) is 0. The summed E-state index contributed by atoms with van der Waals surface area (Å²) < 4.78 is 10.7. The lowest BCUT2D eigenvalue weighted by Gasteiger charge is -2.25. The molecule has 0 spiro atoms. The molecule has 0 bridgehead atoms. The molecule has 1 saturated carbocycles. The van der Waals surface area contributed by atoms with Gasteiger partial charge in [-0.2, -0.15) is 0 Å². The van der Waals surface area contributed by atoms with E-state index in [0.29, 0.717) is 17.2 Å². The number of benzene rings is 1. The Labute approximate surface area is 169 Å². The second kappa shape index (κ2) is 8.31. The molecule has 0 aromatic heterocycles. The number of anilines is 1. The van der Waals surface area contributed by atoms with Crippen molar-refractivity contribution in [2.75, 3.05) is 18.2 Å². The first-order valence-corrected chi connectivity index (χ1v) is 10.3. The molecule has 2 fully saturated rings. The van der Waals surface area contributed by atoms with Crippen LogP contribution >= 0.6 is 0 Å². The molecule has 2 aliphatic heterocycles. The molecule has 1 unspecified atom stereocenters. The van der Waals surface area contributed by atoms with Gasteiger partial charge in [-0.25, -0.2) is 0 Å². The summed E-state index contributed by atoms with van der Waals surface area (Å²) in [5, 5.41) is 5.80. The zero-order valence-electron chi connectivity index (χ0n) is 16.6. The van der Waals surface area contributed by atoms with Gasteiger partial charge in [-0.05, 0) is 31.9 Å². The Kier molecular flexibility index (Phi) is 5.60. The number of rotatable bonds is 5. The van der Waals surface area contributed by atoms with E-state index >= 15 is 0 Å². The lowest BCUT2D eigenvalue weighted by Crippen LogP contribution is -2.50. The van der Waals surface area contributed by atoms with Gasteiger partial charge in [-0.3, -0.25) is 14.4 Å².